The maximum atomic E-state index is 12.9. The molecule has 0 aliphatic carbocycles. The molecule has 0 amide bonds. The van der Waals surface area contributed by atoms with E-state index in [-0.39, 0.29) is 5.82 Å². The molecule has 0 atom stereocenters. The molecule has 1 N–H and O–H groups in total. The molecule has 0 saturated carbocycles. The number of hydrogen-bond donors (Lipinski definition) is 1. The maximum Gasteiger partial charge on any atom is 0.123 e. The fraction of sp³-hybridized carbons (Fsp3) is 0.200. The van der Waals surface area contributed by atoms with Crippen molar-refractivity contribution in [2.45, 2.75) is 27.3 Å². The lowest BCUT2D eigenvalue weighted by Gasteiger charge is -2.05. The van der Waals surface area contributed by atoms with Gasteiger partial charge in [-0.3, -0.25) is 10.1 Å². The Morgan fingerprint density at radius 3 is 2.40 bits per heavy atom. The van der Waals surface area contributed by atoms with Gasteiger partial charge in [-0.05, 0) is 50.6 Å². The number of hydrazone groups is 1. The Hall–Kier alpha value is -2.95. The Morgan fingerprint density at radius 1 is 1.04 bits per heavy atom. The Balaban J connectivity index is 1.73. The van der Waals surface area contributed by atoms with Crippen LogP contribution in [-0.2, 0) is 6.54 Å². The summed E-state index contributed by atoms with van der Waals surface area (Å²) < 4.78 is 14.9. The molecule has 4 nitrogen and oxygen atoms in total. The molecule has 25 heavy (non-hydrogen) atoms. The zero-order valence-corrected chi connectivity index (χ0v) is 14.6. The molecule has 2 aromatic carbocycles. The van der Waals surface area contributed by atoms with Gasteiger partial charge in [0.2, 0.25) is 0 Å². The molecule has 0 aliphatic rings. The summed E-state index contributed by atoms with van der Waals surface area (Å²) in [5.74, 6) is -0.265. The van der Waals surface area contributed by atoms with Gasteiger partial charge in [-0.25, -0.2) is 4.39 Å². The van der Waals surface area contributed by atoms with Gasteiger partial charge in [-0.1, -0.05) is 29.8 Å². The summed E-state index contributed by atoms with van der Waals surface area (Å²) in [6, 6.07) is 14.5. The van der Waals surface area contributed by atoms with E-state index in [0.717, 1.165) is 29.2 Å². The number of nitrogens with one attached hydrogen (secondary N) is 1. The van der Waals surface area contributed by atoms with E-state index in [4.69, 9.17) is 0 Å². The van der Waals surface area contributed by atoms with Gasteiger partial charge in [-0.15, -0.1) is 0 Å². The predicted octanol–water partition coefficient (Wildman–Crippen LogP) is 4.44. The first-order chi connectivity index (χ1) is 12.0. The van der Waals surface area contributed by atoms with E-state index in [1.807, 2.05) is 18.5 Å². The summed E-state index contributed by atoms with van der Waals surface area (Å²) in [6.07, 6.45) is 1.76. The number of aromatic nitrogens is 2. The van der Waals surface area contributed by atoms with Gasteiger partial charge in [0.25, 0.3) is 0 Å². The Kier molecular flexibility index (Phi) is 4.93. The van der Waals surface area contributed by atoms with Crippen LogP contribution in [0, 0.1) is 26.6 Å². The SMILES string of the molecule is Cc1ccc(Cn2nc(C)c(C=NNc3ccc(F)cc3)c2C)cc1. The molecule has 0 radical (unpaired) electrons. The zero-order chi connectivity index (χ0) is 17.8. The molecular formula is C20H21FN4. The van der Waals surface area contributed by atoms with Crippen LogP contribution in [0.1, 0.15) is 28.1 Å². The topological polar surface area (TPSA) is 42.2 Å². The van der Waals surface area contributed by atoms with Crippen LogP contribution >= 0.6 is 0 Å². The number of aryl methyl sites for hydroxylation is 2. The first kappa shape index (κ1) is 16.9. The molecule has 3 rings (SSSR count). The van der Waals surface area contributed by atoms with E-state index in [1.54, 1.807) is 18.3 Å². The van der Waals surface area contributed by atoms with Crippen LogP contribution in [-0.4, -0.2) is 16.0 Å². The van der Waals surface area contributed by atoms with Gasteiger partial charge in [0, 0.05) is 11.3 Å². The van der Waals surface area contributed by atoms with Crippen molar-refractivity contribution in [3.05, 3.63) is 82.4 Å². The molecule has 0 spiro atoms. The fourth-order valence-corrected chi connectivity index (χ4v) is 2.61. The second-order valence-corrected chi connectivity index (χ2v) is 6.10. The van der Waals surface area contributed by atoms with E-state index in [2.05, 4.69) is 46.8 Å². The highest BCUT2D eigenvalue weighted by molar-refractivity contribution is 5.83. The Labute approximate surface area is 147 Å². The van der Waals surface area contributed by atoms with Crippen LogP contribution in [0.15, 0.2) is 53.6 Å². The van der Waals surface area contributed by atoms with Crippen LogP contribution < -0.4 is 5.43 Å². The molecule has 1 heterocycles. The summed E-state index contributed by atoms with van der Waals surface area (Å²) in [5.41, 5.74) is 9.07. The number of rotatable bonds is 5. The van der Waals surface area contributed by atoms with Crippen LogP contribution in [0.3, 0.4) is 0 Å². The molecule has 0 saturated heterocycles. The molecule has 1 aromatic heterocycles. The largest absolute Gasteiger partial charge is 0.278 e. The lowest BCUT2D eigenvalue weighted by atomic mass is 10.1. The van der Waals surface area contributed by atoms with Crippen molar-refractivity contribution >= 4 is 11.9 Å². The Bertz CT molecular complexity index is 877. The third-order valence-corrected chi connectivity index (χ3v) is 4.12. The molecule has 128 valence electrons. The fourth-order valence-electron chi connectivity index (χ4n) is 2.61. The van der Waals surface area contributed by atoms with Gasteiger partial charge in [-0.2, -0.15) is 10.2 Å². The molecule has 0 aliphatic heterocycles. The van der Waals surface area contributed by atoms with Crippen molar-refractivity contribution in [2.75, 3.05) is 5.43 Å². The summed E-state index contributed by atoms with van der Waals surface area (Å²) in [5, 5.41) is 8.86. The van der Waals surface area contributed by atoms with E-state index in [9.17, 15) is 4.39 Å². The van der Waals surface area contributed by atoms with Crippen molar-refractivity contribution in [1.29, 1.82) is 0 Å². The minimum absolute atomic E-state index is 0.265. The smallest absolute Gasteiger partial charge is 0.123 e. The average molecular weight is 336 g/mol. The Morgan fingerprint density at radius 2 is 1.72 bits per heavy atom. The van der Waals surface area contributed by atoms with Crippen LogP contribution in [0.4, 0.5) is 10.1 Å². The van der Waals surface area contributed by atoms with Crippen LogP contribution in [0.25, 0.3) is 0 Å². The highest BCUT2D eigenvalue weighted by atomic mass is 19.1. The molecule has 0 unspecified atom stereocenters. The number of benzene rings is 2. The van der Waals surface area contributed by atoms with E-state index in [0.29, 0.717) is 0 Å². The zero-order valence-electron chi connectivity index (χ0n) is 14.6. The third kappa shape index (κ3) is 4.12. The van der Waals surface area contributed by atoms with Crippen molar-refractivity contribution in [3.63, 3.8) is 0 Å². The molecule has 3 aromatic rings. The van der Waals surface area contributed by atoms with Crippen molar-refractivity contribution in [2.24, 2.45) is 5.10 Å². The lowest BCUT2D eigenvalue weighted by Crippen LogP contribution is -2.04. The first-order valence-electron chi connectivity index (χ1n) is 8.17. The normalized spacial score (nSPS) is 11.2. The maximum absolute atomic E-state index is 12.9. The van der Waals surface area contributed by atoms with E-state index < -0.39 is 0 Å². The van der Waals surface area contributed by atoms with Gasteiger partial charge in [0.15, 0.2) is 0 Å². The minimum Gasteiger partial charge on any atom is -0.278 e. The van der Waals surface area contributed by atoms with Gasteiger partial charge < -0.3 is 0 Å². The monoisotopic (exact) mass is 336 g/mol. The van der Waals surface area contributed by atoms with Crippen LogP contribution in [0.2, 0.25) is 0 Å². The second-order valence-electron chi connectivity index (χ2n) is 6.10. The first-order valence-corrected chi connectivity index (χ1v) is 8.17. The van der Waals surface area contributed by atoms with Gasteiger partial charge >= 0.3 is 0 Å². The van der Waals surface area contributed by atoms with Crippen molar-refractivity contribution in [3.8, 4) is 0 Å². The van der Waals surface area contributed by atoms with Crippen molar-refractivity contribution in [1.82, 2.24) is 9.78 Å². The summed E-state index contributed by atoms with van der Waals surface area (Å²) in [7, 11) is 0. The summed E-state index contributed by atoms with van der Waals surface area (Å²) >= 11 is 0. The predicted molar refractivity (Wildman–Crippen MR) is 99.6 cm³/mol. The highest BCUT2D eigenvalue weighted by Gasteiger charge is 2.10. The number of halogens is 1. The van der Waals surface area contributed by atoms with Crippen molar-refractivity contribution < 1.29 is 4.39 Å². The molecular weight excluding hydrogens is 315 g/mol. The van der Waals surface area contributed by atoms with Gasteiger partial charge in [0.05, 0.1) is 24.1 Å². The number of nitrogens with zero attached hydrogens (tertiary/aromatic N) is 3. The van der Waals surface area contributed by atoms with Gasteiger partial charge in [0.1, 0.15) is 5.82 Å². The highest BCUT2D eigenvalue weighted by Crippen LogP contribution is 2.14. The third-order valence-electron chi connectivity index (χ3n) is 4.12. The minimum atomic E-state index is -0.265. The lowest BCUT2D eigenvalue weighted by molar-refractivity contribution is 0.628. The molecule has 0 bridgehead atoms. The second kappa shape index (κ2) is 7.30. The van der Waals surface area contributed by atoms with E-state index >= 15 is 0 Å². The summed E-state index contributed by atoms with van der Waals surface area (Å²) in [4.78, 5) is 0. The molecule has 5 heteroatoms. The number of anilines is 1. The number of hydrogen-bond acceptors (Lipinski definition) is 3. The van der Waals surface area contributed by atoms with Crippen LogP contribution in [0.5, 0.6) is 0 Å². The standard InChI is InChI=1S/C20H21FN4/c1-14-4-6-17(7-5-14)13-25-16(3)20(15(2)24-25)12-22-23-19-10-8-18(21)9-11-19/h4-12,23H,13H2,1-3H3. The average Bonchev–Trinajstić information content (AvgIpc) is 2.86. The summed E-state index contributed by atoms with van der Waals surface area (Å²) in [6.45, 7) is 6.81. The molecule has 0 fully saturated rings. The quantitative estimate of drug-likeness (QED) is 0.553. The van der Waals surface area contributed by atoms with E-state index in [1.165, 1.54) is 23.3 Å².